The number of anilines is 2. The number of nitrogen functional groups attached to an aromatic ring is 1. The van der Waals surface area contributed by atoms with Crippen LogP contribution < -0.4 is 16.2 Å². The van der Waals surface area contributed by atoms with Crippen molar-refractivity contribution in [1.29, 1.82) is 0 Å². The van der Waals surface area contributed by atoms with Crippen molar-refractivity contribution >= 4 is 23.5 Å². The number of rotatable bonds is 3. The Balaban J connectivity index is 0.000000970. The van der Waals surface area contributed by atoms with Crippen molar-refractivity contribution in [2.24, 2.45) is 12.5 Å². The zero-order valence-electron chi connectivity index (χ0n) is 19.6. The molecular weight excluding hydrogens is 467 g/mol. The molecule has 4 rings (SSSR count). The van der Waals surface area contributed by atoms with Gasteiger partial charge in [-0.3, -0.25) is 14.3 Å². The molecule has 0 unspecified atom stereocenters. The fourth-order valence-corrected chi connectivity index (χ4v) is 4.99. The highest BCUT2D eigenvalue weighted by Gasteiger charge is 2.39. The Morgan fingerprint density at radius 2 is 1.85 bits per heavy atom. The summed E-state index contributed by atoms with van der Waals surface area (Å²) in [6.45, 7) is 6.98. The van der Waals surface area contributed by atoms with Crippen molar-refractivity contribution in [3.63, 3.8) is 0 Å². The fraction of sp³-hybridized carbons (Fsp3) is 0.522. The molecule has 0 amide bonds. The molecule has 1 spiro atoms. The third kappa shape index (κ3) is 5.85. The summed E-state index contributed by atoms with van der Waals surface area (Å²) in [7, 11) is 1.56. The van der Waals surface area contributed by atoms with Crippen LogP contribution in [0.1, 0.15) is 38.8 Å². The number of ether oxygens (including phenoxy) is 1. The average molecular weight is 498 g/mol. The van der Waals surface area contributed by atoms with Gasteiger partial charge in [-0.2, -0.15) is 18.2 Å². The first-order valence-electron chi connectivity index (χ1n) is 10.9. The maximum Gasteiger partial charge on any atom is 0.434 e. The van der Waals surface area contributed by atoms with E-state index >= 15 is 0 Å². The molecule has 186 valence electrons. The van der Waals surface area contributed by atoms with Gasteiger partial charge in [-0.05, 0) is 36.8 Å². The number of alkyl halides is 3. The normalized spacial score (nSPS) is 16.9. The van der Waals surface area contributed by atoms with Gasteiger partial charge < -0.3 is 15.4 Å². The molecule has 0 saturated carbocycles. The van der Waals surface area contributed by atoms with Crippen molar-refractivity contribution in [3.8, 4) is 12.8 Å². The van der Waals surface area contributed by atoms with Gasteiger partial charge in [-0.25, -0.2) is 0 Å². The van der Waals surface area contributed by atoms with E-state index in [0.29, 0.717) is 17.7 Å². The van der Waals surface area contributed by atoms with Crippen LogP contribution in [0.5, 0.6) is 0 Å². The van der Waals surface area contributed by atoms with Crippen LogP contribution in [-0.4, -0.2) is 40.8 Å². The minimum absolute atomic E-state index is 0.0441. The summed E-state index contributed by atoms with van der Waals surface area (Å²) in [5.41, 5.74) is 4.69. The Bertz CT molecular complexity index is 1040. The van der Waals surface area contributed by atoms with Crippen molar-refractivity contribution in [2.75, 3.05) is 36.9 Å². The third-order valence-electron chi connectivity index (χ3n) is 5.80. The van der Waals surface area contributed by atoms with Gasteiger partial charge in [0.2, 0.25) is 5.95 Å². The minimum Gasteiger partial charge on any atom is -0.382 e. The van der Waals surface area contributed by atoms with Gasteiger partial charge in [0.05, 0.1) is 6.61 Å². The molecule has 2 aromatic heterocycles. The number of terminal acetylenes is 1. The summed E-state index contributed by atoms with van der Waals surface area (Å²) < 4.78 is 46.6. The molecule has 2 fully saturated rings. The minimum atomic E-state index is -4.63. The molecule has 34 heavy (non-hydrogen) atoms. The van der Waals surface area contributed by atoms with E-state index in [1.807, 2.05) is 18.7 Å². The fourth-order valence-electron chi connectivity index (χ4n) is 3.99. The smallest absolute Gasteiger partial charge is 0.382 e. The first kappa shape index (κ1) is 27.5. The van der Waals surface area contributed by atoms with Crippen LogP contribution in [0.15, 0.2) is 32.9 Å². The SMILES string of the molecule is C#C.CC.Cn1c(N2CCC3(CCOC3)CC2)nc(N)c(Sc2cccnc2C(F)(F)F)c1=O. The number of aromatic nitrogens is 3. The van der Waals surface area contributed by atoms with E-state index < -0.39 is 17.4 Å². The summed E-state index contributed by atoms with van der Waals surface area (Å²) in [5.74, 6) is 0.345. The van der Waals surface area contributed by atoms with Crippen LogP contribution in [0.2, 0.25) is 0 Å². The zero-order chi connectivity index (χ0) is 25.5. The number of hydrogen-bond acceptors (Lipinski definition) is 7. The van der Waals surface area contributed by atoms with Gasteiger partial charge in [0, 0.05) is 37.8 Å². The Labute approximate surface area is 201 Å². The quantitative estimate of drug-likeness (QED) is 0.636. The number of pyridine rings is 1. The van der Waals surface area contributed by atoms with E-state index in [0.717, 1.165) is 51.8 Å². The summed E-state index contributed by atoms with van der Waals surface area (Å²) in [6, 6.07) is 2.65. The second-order valence-corrected chi connectivity index (χ2v) is 8.78. The van der Waals surface area contributed by atoms with Crippen LogP contribution in [0.25, 0.3) is 0 Å². The van der Waals surface area contributed by atoms with Crippen LogP contribution in [0.4, 0.5) is 24.9 Å². The highest BCUT2D eigenvalue weighted by atomic mass is 32.2. The molecule has 2 aliphatic rings. The summed E-state index contributed by atoms with van der Waals surface area (Å²) in [6.07, 6.45) is 7.34. The van der Waals surface area contributed by atoms with Gasteiger partial charge in [-0.1, -0.05) is 25.6 Å². The molecule has 2 saturated heterocycles. The second kappa shape index (κ2) is 11.6. The first-order valence-corrected chi connectivity index (χ1v) is 11.7. The molecule has 0 aliphatic carbocycles. The number of halogens is 3. The number of piperidine rings is 1. The lowest BCUT2D eigenvalue weighted by atomic mass is 9.78. The Morgan fingerprint density at radius 1 is 1.21 bits per heavy atom. The third-order valence-corrected chi connectivity index (χ3v) is 6.93. The van der Waals surface area contributed by atoms with E-state index in [1.54, 1.807) is 7.05 Å². The summed E-state index contributed by atoms with van der Waals surface area (Å²) in [5, 5.41) is 0. The van der Waals surface area contributed by atoms with Crippen LogP contribution >= 0.6 is 11.8 Å². The van der Waals surface area contributed by atoms with Gasteiger partial charge in [-0.15, -0.1) is 12.8 Å². The highest BCUT2D eigenvalue weighted by molar-refractivity contribution is 7.99. The number of nitrogens with zero attached hydrogens (tertiary/aromatic N) is 4. The molecule has 7 nitrogen and oxygen atoms in total. The predicted octanol–water partition coefficient (Wildman–Crippen LogP) is 4.21. The van der Waals surface area contributed by atoms with Crippen molar-refractivity contribution in [3.05, 3.63) is 34.4 Å². The molecule has 0 bridgehead atoms. The van der Waals surface area contributed by atoms with Crippen LogP contribution in [0, 0.1) is 18.3 Å². The van der Waals surface area contributed by atoms with Crippen molar-refractivity contribution in [1.82, 2.24) is 14.5 Å². The lowest BCUT2D eigenvalue weighted by Crippen LogP contribution is -2.43. The molecule has 0 aromatic carbocycles. The maximum atomic E-state index is 13.2. The second-order valence-electron chi connectivity index (χ2n) is 7.73. The van der Waals surface area contributed by atoms with Crippen LogP contribution in [0.3, 0.4) is 0 Å². The topological polar surface area (TPSA) is 86.3 Å². The monoisotopic (exact) mass is 497 g/mol. The molecule has 0 atom stereocenters. The van der Waals surface area contributed by atoms with E-state index in [-0.39, 0.29) is 21.0 Å². The van der Waals surface area contributed by atoms with E-state index in [4.69, 9.17) is 10.5 Å². The van der Waals surface area contributed by atoms with Crippen molar-refractivity contribution < 1.29 is 17.9 Å². The predicted molar refractivity (Wildman–Crippen MR) is 128 cm³/mol. The molecule has 2 aromatic rings. The molecule has 11 heteroatoms. The Morgan fingerprint density at radius 3 is 2.41 bits per heavy atom. The lowest BCUT2D eigenvalue weighted by Gasteiger charge is -2.39. The molecule has 4 heterocycles. The zero-order valence-corrected chi connectivity index (χ0v) is 20.4. The van der Waals surface area contributed by atoms with Crippen molar-refractivity contribution in [2.45, 2.75) is 49.1 Å². The van der Waals surface area contributed by atoms with Gasteiger partial charge in [0.25, 0.3) is 5.56 Å². The lowest BCUT2D eigenvalue weighted by molar-refractivity contribution is -0.143. The number of hydrogen-bond donors (Lipinski definition) is 1. The largest absolute Gasteiger partial charge is 0.434 e. The average Bonchev–Trinajstić information content (AvgIpc) is 3.30. The standard InChI is InChI=1S/C19H22F3N5O2S.C2H6.C2H2/c1-26-16(28)13(30-12-3-2-7-24-14(12)19(20,21)22)15(23)25-17(26)27-8-4-18(5-9-27)6-10-29-11-18;2*1-2/h2-3,7H,4-6,8-11,23H2,1H3;1-2H3;1-2H. The Hall–Kier alpha value is -2.71. The van der Waals surface area contributed by atoms with E-state index in [9.17, 15) is 18.0 Å². The van der Waals surface area contributed by atoms with Gasteiger partial charge in [0.15, 0.2) is 5.69 Å². The molecular formula is C23H30F3N5O2S. The van der Waals surface area contributed by atoms with Gasteiger partial charge in [0.1, 0.15) is 10.7 Å². The van der Waals surface area contributed by atoms with Crippen LogP contribution in [-0.2, 0) is 18.0 Å². The van der Waals surface area contributed by atoms with E-state index in [2.05, 4.69) is 22.8 Å². The molecule has 0 radical (unpaired) electrons. The maximum absolute atomic E-state index is 13.2. The number of nitrogens with two attached hydrogens (primary N) is 1. The highest BCUT2D eigenvalue weighted by Crippen LogP contribution is 2.41. The summed E-state index contributed by atoms with van der Waals surface area (Å²) >= 11 is 0.641. The van der Waals surface area contributed by atoms with Gasteiger partial charge >= 0.3 is 6.18 Å². The first-order chi connectivity index (χ1) is 16.2. The van der Waals surface area contributed by atoms with E-state index in [1.165, 1.54) is 16.7 Å². The molecule has 2 aliphatic heterocycles. The molecule has 2 N–H and O–H groups in total. The summed E-state index contributed by atoms with van der Waals surface area (Å²) in [4.78, 5) is 22.5. The Kier molecular flexibility index (Phi) is 9.41.